The number of nitrogens with zero attached hydrogens (tertiary/aromatic N) is 1. The summed E-state index contributed by atoms with van der Waals surface area (Å²) in [4.78, 5) is 4.59. The third kappa shape index (κ3) is 5.15. The van der Waals surface area contributed by atoms with E-state index in [0.29, 0.717) is 23.4 Å². The molecule has 3 nitrogen and oxygen atoms in total. The van der Waals surface area contributed by atoms with Gasteiger partial charge in [-0.05, 0) is 52.0 Å². The second-order valence-corrected chi connectivity index (χ2v) is 7.51. The molecular formula is C17H27ClN2O. The maximum atomic E-state index is 6.24. The molecule has 2 rings (SSSR count). The molecule has 1 aliphatic rings. The van der Waals surface area contributed by atoms with Gasteiger partial charge < -0.3 is 10.1 Å². The summed E-state index contributed by atoms with van der Waals surface area (Å²) in [5.74, 6) is 1.30. The Morgan fingerprint density at radius 1 is 1.29 bits per heavy atom. The molecule has 0 aliphatic heterocycles. The van der Waals surface area contributed by atoms with Gasteiger partial charge in [0.2, 0.25) is 5.88 Å². The normalized spacial score (nSPS) is 23.1. The van der Waals surface area contributed by atoms with Crippen molar-refractivity contribution < 1.29 is 4.74 Å². The summed E-state index contributed by atoms with van der Waals surface area (Å²) < 4.78 is 6.10. The van der Waals surface area contributed by atoms with Crippen LogP contribution in [0.5, 0.6) is 5.88 Å². The lowest BCUT2D eigenvalue weighted by atomic mass is 9.88. The van der Waals surface area contributed by atoms with E-state index in [4.69, 9.17) is 16.3 Å². The molecule has 1 aromatic rings. The third-order valence-corrected chi connectivity index (χ3v) is 4.33. The Balaban J connectivity index is 2.03. The zero-order valence-corrected chi connectivity index (χ0v) is 14.3. The Kier molecular flexibility index (Phi) is 5.50. The average Bonchev–Trinajstić information content (AvgIpc) is 2.41. The lowest BCUT2D eigenvalue weighted by Gasteiger charge is -2.29. The standard InChI is InChI=1S/C17H27ClN2O/c1-12-7-5-6-8-15(12)21-16-10-9-13(18)14(20-16)11-19-17(2,3)4/h9-10,12,15,19H,5-8,11H2,1-4H3. The van der Waals surface area contributed by atoms with Crippen molar-refractivity contribution in [2.24, 2.45) is 5.92 Å². The van der Waals surface area contributed by atoms with Crippen molar-refractivity contribution in [1.82, 2.24) is 10.3 Å². The first-order valence-corrected chi connectivity index (χ1v) is 8.30. The molecule has 1 fully saturated rings. The van der Waals surface area contributed by atoms with E-state index in [1.165, 1.54) is 19.3 Å². The predicted octanol–water partition coefficient (Wildman–Crippen LogP) is 4.58. The van der Waals surface area contributed by atoms with Gasteiger partial charge in [0.1, 0.15) is 6.10 Å². The van der Waals surface area contributed by atoms with Crippen LogP contribution in [0.3, 0.4) is 0 Å². The van der Waals surface area contributed by atoms with Gasteiger partial charge in [0.25, 0.3) is 0 Å². The van der Waals surface area contributed by atoms with Crippen LogP contribution in [0.25, 0.3) is 0 Å². The summed E-state index contributed by atoms with van der Waals surface area (Å²) in [6.45, 7) is 9.31. The van der Waals surface area contributed by atoms with E-state index in [1.807, 2.05) is 12.1 Å². The summed E-state index contributed by atoms with van der Waals surface area (Å²) in [6.07, 6.45) is 5.23. The van der Waals surface area contributed by atoms with Crippen LogP contribution in [0.1, 0.15) is 59.1 Å². The fourth-order valence-electron chi connectivity index (χ4n) is 2.62. The highest BCUT2D eigenvalue weighted by Crippen LogP contribution is 2.28. The molecule has 1 aliphatic carbocycles. The molecule has 21 heavy (non-hydrogen) atoms. The minimum atomic E-state index is 0.0414. The first kappa shape index (κ1) is 16.6. The van der Waals surface area contributed by atoms with Gasteiger partial charge in [0.15, 0.2) is 0 Å². The molecule has 118 valence electrons. The van der Waals surface area contributed by atoms with Gasteiger partial charge in [-0.25, -0.2) is 4.98 Å². The predicted molar refractivity (Wildman–Crippen MR) is 87.9 cm³/mol. The van der Waals surface area contributed by atoms with Crippen LogP contribution in [0.2, 0.25) is 5.02 Å². The lowest BCUT2D eigenvalue weighted by Crippen LogP contribution is -2.35. The van der Waals surface area contributed by atoms with Crippen LogP contribution in [0, 0.1) is 5.92 Å². The monoisotopic (exact) mass is 310 g/mol. The molecular weight excluding hydrogens is 284 g/mol. The highest BCUT2D eigenvalue weighted by molar-refractivity contribution is 6.31. The molecule has 4 heteroatoms. The quantitative estimate of drug-likeness (QED) is 0.884. The fraction of sp³-hybridized carbons (Fsp3) is 0.706. The highest BCUT2D eigenvalue weighted by atomic mass is 35.5. The van der Waals surface area contributed by atoms with Gasteiger partial charge in [-0.3, -0.25) is 0 Å². The van der Waals surface area contributed by atoms with Gasteiger partial charge in [-0.2, -0.15) is 0 Å². The van der Waals surface area contributed by atoms with Gasteiger partial charge in [0, 0.05) is 18.2 Å². The number of ether oxygens (including phenoxy) is 1. The molecule has 0 radical (unpaired) electrons. The van der Waals surface area contributed by atoms with E-state index in [1.54, 1.807) is 0 Å². The lowest BCUT2D eigenvalue weighted by molar-refractivity contribution is 0.0973. The van der Waals surface area contributed by atoms with Crippen molar-refractivity contribution in [2.45, 2.75) is 71.6 Å². The maximum absolute atomic E-state index is 6.24. The van der Waals surface area contributed by atoms with Crippen LogP contribution < -0.4 is 10.1 Å². The molecule has 0 spiro atoms. The molecule has 1 aromatic heterocycles. The first-order valence-electron chi connectivity index (χ1n) is 7.92. The highest BCUT2D eigenvalue weighted by Gasteiger charge is 2.23. The van der Waals surface area contributed by atoms with Crippen LogP contribution in [-0.4, -0.2) is 16.6 Å². The van der Waals surface area contributed by atoms with Crippen LogP contribution >= 0.6 is 11.6 Å². The van der Waals surface area contributed by atoms with E-state index in [9.17, 15) is 0 Å². The zero-order valence-electron chi connectivity index (χ0n) is 13.6. The Bertz CT molecular complexity index is 470. The number of hydrogen-bond acceptors (Lipinski definition) is 3. The van der Waals surface area contributed by atoms with Crippen molar-refractivity contribution in [2.75, 3.05) is 0 Å². The second-order valence-electron chi connectivity index (χ2n) is 7.10. The molecule has 1 saturated carbocycles. The Labute approximate surface area is 133 Å². The summed E-state index contributed by atoms with van der Waals surface area (Å²) in [7, 11) is 0. The van der Waals surface area contributed by atoms with Crippen LogP contribution in [0.4, 0.5) is 0 Å². The SMILES string of the molecule is CC1CCCCC1Oc1ccc(Cl)c(CNC(C)(C)C)n1. The maximum Gasteiger partial charge on any atom is 0.213 e. The van der Waals surface area contributed by atoms with Crippen LogP contribution in [0.15, 0.2) is 12.1 Å². The molecule has 2 unspecified atom stereocenters. The third-order valence-electron chi connectivity index (χ3n) is 3.98. The number of pyridine rings is 1. The van der Waals surface area contributed by atoms with E-state index >= 15 is 0 Å². The van der Waals surface area contributed by atoms with Gasteiger partial charge in [-0.1, -0.05) is 24.9 Å². The van der Waals surface area contributed by atoms with E-state index in [2.05, 4.69) is 38.0 Å². The molecule has 1 heterocycles. The summed E-state index contributed by atoms with van der Waals surface area (Å²) >= 11 is 6.24. The largest absolute Gasteiger partial charge is 0.474 e. The van der Waals surface area contributed by atoms with E-state index in [-0.39, 0.29) is 11.6 Å². The average molecular weight is 311 g/mol. The Hall–Kier alpha value is -0.800. The van der Waals surface area contributed by atoms with Crippen LogP contribution in [-0.2, 0) is 6.54 Å². The number of rotatable bonds is 4. The minimum absolute atomic E-state index is 0.0414. The topological polar surface area (TPSA) is 34.1 Å². The van der Waals surface area contributed by atoms with E-state index < -0.39 is 0 Å². The van der Waals surface area contributed by atoms with Gasteiger partial charge in [0.05, 0.1) is 10.7 Å². The van der Waals surface area contributed by atoms with Crippen molar-refractivity contribution in [3.63, 3.8) is 0 Å². The van der Waals surface area contributed by atoms with Crippen molar-refractivity contribution >= 4 is 11.6 Å². The van der Waals surface area contributed by atoms with Gasteiger partial charge in [-0.15, -0.1) is 0 Å². The van der Waals surface area contributed by atoms with Crippen molar-refractivity contribution in [3.8, 4) is 5.88 Å². The molecule has 0 amide bonds. The second kappa shape index (κ2) is 6.97. The molecule has 0 bridgehead atoms. The summed E-state index contributed by atoms with van der Waals surface area (Å²) in [5.41, 5.74) is 0.896. The van der Waals surface area contributed by atoms with Crippen molar-refractivity contribution in [3.05, 3.63) is 22.8 Å². The zero-order chi connectivity index (χ0) is 15.5. The summed E-state index contributed by atoms with van der Waals surface area (Å²) in [5, 5.41) is 4.11. The number of halogens is 1. The Morgan fingerprint density at radius 3 is 2.67 bits per heavy atom. The number of hydrogen-bond donors (Lipinski definition) is 1. The first-order chi connectivity index (χ1) is 9.85. The molecule has 2 atom stereocenters. The van der Waals surface area contributed by atoms with E-state index in [0.717, 1.165) is 12.1 Å². The fourth-order valence-corrected chi connectivity index (χ4v) is 2.79. The minimum Gasteiger partial charge on any atom is -0.474 e. The smallest absolute Gasteiger partial charge is 0.213 e. The number of aromatic nitrogens is 1. The molecule has 0 aromatic carbocycles. The Morgan fingerprint density at radius 2 is 2.00 bits per heavy atom. The number of nitrogens with one attached hydrogen (secondary N) is 1. The van der Waals surface area contributed by atoms with Gasteiger partial charge >= 0.3 is 0 Å². The molecule has 0 saturated heterocycles. The summed E-state index contributed by atoms with van der Waals surface area (Å²) in [6, 6.07) is 3.77. The molecule has 1 N–H and O–H groups in total. The van der Waals surface area contributed by atoms with Crippen molar-refractivity contribution in [1.29, 1.82) is 0 Å².